The second kappa shape index (κ2) is 6.67. The molecule has 26 heavy (non-hydrogen) atoms. The molecule has 1 heterocycles. The van der Waals surface area contributed by atoms with Gasteiger partial charge in [0.1, 0.15) is 5.82 Å². The minimum absolute atomic E-state index is 0.0353. The number of carbonyl (C=O) groups excluding carboxylic acids is 1. The molecule has 3 aromatic rings. The predicted molar refractivity (Wildman–Crippen MR) is 92.4 cm³/mol. The molecule has 1 amide bonds. The molecule has 0 bridgehead atoms. The second-order valence-electron chi connectivity index (χ2n) is 5.98. The normalized spacial score (nSPS) is 10.8. The number of hydrogen-bond donors (Lipinski definition) is 1. The summed E-state index contributed by atoms with van der Waals surface area (Å²) in [5.74, 6) is -3.90. The first kappa shape index (κ1) is 17.7. The van der Waals surface area contributed by atoms with Crippen LogP contribution in [0.2, 0.25) is 0 Å². The number of amides is 1. The van der Waals surface area contributed by atoms with Gasteiger partial charge in [-0.3, -0.25) is 9.48 Å². The number of anilines is 1. The number of benzene rings is 2. The van der Waals surface area contributed by atoms with Crippen LogP contribution >= 0.6 is 0 Å². The Hall–Kier alpha value is -3.09. The highest BCUT2D eigenvalue weighted by atomic mass is 19.2. The molecule has 0 aliphatic carbocycles. The molecule has 0 unspecified atom stereocenters. The molecule has 1 aromatic heterocycles. The van der Waals surface area contributed by atoms with Crippen LogP contribution in [-0.2, 0) is 7.05 Å². The summed E-state index contributed by atoms with van der Waals surface area (Å²) in [4.78, 5) is 12.3. The molecule has 3 rings (SSSR count). The van der Waals surface area contributed by atoms with Crippen LogP contribution in [0.4, 0.5) is 18.9 Å². The Bertz CT molecular complexity index is 991. The lowest BCUT2D eigenvalue weighted by molar-refractivity contribution is 0.102. The highest BCUT2D eigenvalue weighted by molar-refractivity contribution is 6.05. The monoisotopic (exact) mass is 359 g/mol. The Labute approximate surface area is 148 Å². The zero-order valence-corrected chi connectivity index (χ0v) is 14.4. The minimum Gasteiger partial charge on any atom is -0.319 e. The van der Waals surface area contributed by atoms with Crippen molar-refractivity contribution in [2.75, 3.05) is 5.32 Å². The lowest BCUT2D eigenvalue weighted by atomic mass is 10.0. The SMILES string of the molecule is Cc1cccc(F)c1C(=O)Nc1ccc(-c2cn(C)nc2C)c(F)c1F. The molecule has 0 aliphatic rings. The number of carbonyl (C=O) groups is 1. The largest absolute Gasteiger partial charge is 0.319 e. The maximum Gasteiger partial charge on any atom is 0.258 e. The summed E-state index contributed by atoms with van der Waals surface area (Å²) in [6.45, 7) is 3.24. The third-order valence-corrected chi connectivity index (χ3v) is 4.08. The predicted octanol–water partition coefficient (Wildman–Crippen LogP) is 4.37. The lowest BCUT2D eigenvalue weighted by Gasteiger charge is -2.11. The summed E-state index contributed by atoms with van der Waals surface area (Å²) in [6, 6.07) is 6.75. The van der Waals surface area contributed by atoms with Gasteiger partial charge in [-0.1, -0.05) is 12.1 Å². The highest BCUT2D eigenvalue weighted by Crippen LogP contribution is 2.30. The smallest absolute Gasteiger partial charge is 0.258 e. The van der Waals surface area contributed by atoms with Crippen molar-refractivity contribution in [2.45, 2.75) is 13.8 Å². The number of aryl methyl sites for hydroxylation is 3. The molecule has 0 aliphatic heterocycles. The van der Waals surface area contributed by atoms with Crippen LogP contribution in [0.25, 0.3) is 11.1 Å². The Morgan fingerprint density at radius 3 is 2.38 bits per heavy atom. The fourth-order valence-electron chi connectivity index (χ4n) is 2.82. The van der Waals surface area contributed by atoms with Gasteiger partial charge in [-0.2, -0.15) is 5.10 Å². The third-order valence-electron chi connectivity index (χ3n) is 4.08. The maximum atomic E-state index is 14.5. The second-order valence-corrected chi connectivity index (χ2v) is 5.98. The number of hydrogen-bond acceptors (Lipinski definition) is 2. The van der Waals surface area contributed by atoms with Crippen molar-refractivity contribution < 1.29 is 18.0 Å². The van der Waals surface area contributed by atoms with Gasteiger partial charge in [-0.25, -0.2) is 13.2 Å². The quantitative estimate of drug-likeness (QED) is 0.755. The summed E-state index contributed by atoms with van der Waals surface area (Å²) in [5, 5.41) is 6.34. The van der Waals surface area contributed by atoms with Gasteiger partial charge < -0.3 is 5.32 Å². The summed E-state index contributed by atoms with van der Waals surface area (Å²) in [6.07, 6.45) is 1.58. The van der Waals surface area contributed by atoms with E-state index in [-0.39, 0.29) is 16.8 Å². The van der Waals surface area contributed by atoms with Crippen molar-refractivity contribution in [3.8, 4) is 11.1 Å². The van der Waals surface area contributed by atoms with Crippen LogP contribution in [0, 0.1) is 31.3 Å². The molecule has 0 saturated heterocycles. The average molecular weight is 359 g/mol. The van der Waals surface area contributed by atoms with Crippen molar-refractivity contribution in [2.24, 2.45) is 7.05 Å². The van der Waals surface area contributed by atoms with Gasteiger partial charge in [0.2, 0.25) is 0 Å². The van der Waals surface area contributed by atoms with E-state index in [1.165, 1.54) is 22.9 Å². The van der Waals surface area contributed by atoms with E-state index >= 15 is 0 Å². The molecular weight excluding hydrogens is 343 g/mol. The van der Waals surface area contributed by atoms with E-state index < -0.39 is 23.4 Å². The molecule has 0 fully saturated rings. The third kappa shape index (κ3) is 3.08. The van der Waals surface area contributed by atoms with Gasteiger partial charge in [-0.15, -0.1) is 0 Å². The van der Waals surface area contributed by atoms with E-state index in [1.54, 1.807) is 33.2 Å². The molecule has 4 nitrogen and oxygen atoms in total. The number of nitrogens with one attached hydrogen (secondary N) is 1. The number of halogens is 3. The molecule has 0 radical (unpaired) electrons. The first-order valence-corrected chi connectivity index (χ1v) is 7.84. The molecule has 1 N–H and O–H groups in total. The van der Waals surface area contributed by atoms with Crippen LogP contribution < -0.4 is 5.32 Å². The Kier molecular flexibility index (Phi) is 4.54. The van der Waals surface area contributed by atoms with E-state index in [0.29, 0.717) is 16.8 Å². The van der Waals surface area contributed by atoms with E-state index in [9.17, 15) is 18.0 Å². The van der Waals surface area contributed by atoms with Crippen LogP contribution in [-0.4, -0.2) is 15.7 Å². The molecule has 134 valence electrons. The Balaban J connectivity index is 1.97. The zero-order valence-electron chi connectivity index (χ0n) is 14.4. The maximum absolute atomic E-state index is 14.5. The standard InChI is InChI=1S/C19H16F3N3O/c1-10-5-4-6-14(20)16(10)19(26)23-15-8-7-12(17(21)18(15)22)13-9-25(3)24-11(13)2/h4-9H,1-3H3,(H,23,26). The number of nitrogens with zero attached hydrogens (tertiary/aromatic N) is 2. The molecule has 0 saturated carbocycles. The Morgan fingerprint density at radius 1 is 1.04 bits per heavy atom. The highest BCUT2D eigenvalue weighted by Gasteiger charge is 2.21. The fraction of sp³-hybridized carbons (Fsp3) is 0.158. The van der Waals surface area contributed by atoms with E-state index in [4.69, 9.17) is 0 Å². The van der Waals surface area contributed by atoms with Crippen molar-refractivity contribution in [3.05, 3.63) is 70.8 Å². The van der Waals surface area contributed by atoms with Crippen LogP contribution in [0.1, 0.15) is 21.6 Å². The van der Waals surface area contributed by atoms with Crippen molar-refractivity contribution >= 4 is 11.6 Å². The van der Waals surface area contributed by atoms with Crippen LogP contribution in [0.15, 0.2) is 36.5 Å². The van der Waals surface area contributed by atoms with E-state index in [0.717, 1.165) is 6.07 Å². The molecule has 0 atom stereocenters. The number of aromatic nitrogens is 2. The fourth-order valence-corrected chi connectivity index (χ4v) is 2.82. The average Bonchev–Trinajstić information content (AvgIpc) is 2.90. The van der Waals surface area contributed by atoms with Gasteiger partial charge in [-0.05, 0) is 37.6 Å². The van der Waals surface area contributed by atoms with E-state index in [1.807, 2.05) is 0 Å². The summed E-state index contributed by atoms with van der Waals surface area (Å²) in [5.41, 5.74) is 0.857. The zero-order chi connectivity index (χ0) is 19.0. The van der Waals surface area contributed by atoms with Gasteiger partial charge >= 0.3 is 0 Å². The van der Waals surface area contributed by atoms with Gasteiger partial charge in [0.05, 0.1) is 16.9 Å². The number of rotatable bonds is 3. The van der Waals surface area contributed by atoms with Gasteiger partial charge in [0.25, 0.3) is 5.91 Å². The molecule has 2 aromatic carbocycles. The van der Waals surface area contributed by atoms with Gasteiger partial charge in [0, 0.05) is 24.4 Å². The summed E-state index contributed by atoms with van der Waals surface area (Å²) in [7, 11) is 1.68. The van der Waals surface area contributed by atoms with E-state index in [2.05, 4.69) is 10.4 Å². The first-order valence-electron chi connectivity index (χ1n) is 7.84. The Morgan fingerprint density at radius 2 is 1.77 bits per heavy atom. The molecular formula is C19H16F3N3O. The van der Waals surface area contributed by atoms with Crippen LogP contribution in [0.5, 0.6) is 0 Å². The first-order chi connectivity index (χ1) is 12.3. The minimum atomic E-state index is -1.21. The molecule has 7 heteroatoms. The molecule has 0 spiro atoms. The van der Waals surface area contributed by atoms with Crippen molar-refractivity contribution in [1.29, 1.82) is 0 Å². The van der Waals surface area contributed by atoms with Crippen LogP contribution in [0.3, 0.4) is 0 Å². The van der Waals surface area contributed by atoms with Crippen molar-refractivity contribution in [3.63, 3.8) is 0 Å². The van der Waals surface area contributed by atoms with Gasteiger partial charge in [0.15, 0.2) is 11.6 Å². The summed E-state index contributed by atoms with van der Waals surface area (Å²) < 4.78 is 44.3. The topological polar surface area (TPSA) is 46.9 Å². The lowest BCUT2D eigenvalue weighted by Crippen LogP contribution is -2.16. The van der Waals surface area contributed by atoms with Crippen molar-refractivity contribution in [1.82, 2.24) is 9.78 Å². The summed E-state index contributed by atoms with van der Waals surface area (Å²) >= 11 is 0.